The third-order valence-electron chi connectivity index (χ3n) is 4.59. The van der Waals surface area contributed by atoms with Crippen LogP contribution in [0.4, 0.5) is 0 Å². The number of halogens is 2. The summed E-state index contributed by atoms with van der Waals surface area (Å²) >= 11 is 12.1. The van der Waals surface area contributed by atoms with Gasteiger partial charge >= 0.3 is 0 Å². The Morgan fingerprint density at radius 1 is 1.12 bits per heavy atom. The fourth-order valence-electron chi connectivity index (χ4n) is 3.36. The van der Waals surface area contributed by atoms with Crippen molar-refractivity contribution in [1.29, 1.82) is 0 Å². The van der Waals surface area contributed by atoms with Crippen molar-refractivity contribution >= 4 is 29.1 Å². The number of morpholine rings is 1. The van der Waals surface area contributed by atoms with Gasteiger partial charge in [-0.1, -0.05) is 53.5 Å². The van der Waals surface area contributed by atoms with Crippen molar-refractivity contribution in [1.82, 2.24) is 10.2 Å². The van der Waals surface area contributed by atoms with Crippen molar-refractivity contribution in [2.45, 2.75) is 19.0 Å². The summed E-state index contributed by atoms with van der Waals surface area (Å²) in [5, 5.41) is 3.96. The van der Waals surface area contributed by atoms with Crippen LogP contribution in [0.5, 0.6) is 0 Å². The summed E-state index contributed by atoms with van der Waals surface area (Å²) in [5.74, 6) is -0.201. The number of ether oxygens (including phenoxy) is 1. The van der Waals surface area contributed by atoms with Crippen LogP contribution in [0.1, 0.15) is 28.9 Å². The van der Waals surface area contributed by atoms with Crippen LogP contribution in [0.2, 0.25) is 10.0 Å². The lowest BCUT2D eigenvalue weighted by molar-refractivity contribution is 0.00888. The zero-order chi connectivity index (χ0) is 18.5. The normalized spacial score (nSPS) is 17.5. The van der Waals surface area contributed by atoms with Crippen LogP contribution in [0, 0.1) is 0 Å². The van der Waals surface area contributed by atoms with E-state index in [4.69, 9.17) is 27.9 Å². The number of nitrogens with one attached hydrogen (secondary N) is 1. The summed E-state index contributed by atoms with van der Waals surface area (Å²) in [7, 11) is 0. The first-order valence-corrected chi connectivity index (χ1v) is 9.44. The molecule has 1 amide bonds. The van der Waals surface area contributed by atoms with Crippen LogP contribution < -0.4 is 5.32 Å². The molecule has 3 rings (SSSR count). The van der Waals surface area contributed by atoms with Gasteiger partial charge in [0.05, 0.1) is 29.8 Å². The van der Waals surface area contributed by atoms with E-state index in [1.54, 1.807) is 18.2 Å². The van der Waals surface area contributed by atoms with E-state index >= 15 is 0 Å². The quantitative estimate of drug-likeness (QED) is 0.829. The maximum absolute atomic E-state index is 12.7. The smallest absolute Gasteiger partial charge is 0.253 e. The van der Waals surface area contributed by atoms with E-state index in [-0.39, 0.29) is 18.0 Å². The van der Waals surface area contributed by atoms with Crippen molar-refractivity contribution in [2.24, 2.45) is 0 Å². The first-order valence-electron chi connectivity index (χ1n) is 8.69. The third kappa shape index (κ3) is 4.57. The molecule has 2 aromatic carbocycles. The van der Waals surface area contributed by atoms with Crippen LogP contribution >= 0.6 is 23.2 Å². The monoisotopic (exact) mass is 392 g/mol. The van der Waals surface area contributed by atoms with E-state index in [1.165, 1.54) is 5.56 Å². The van der Waals surface area contributed by atoms with Crippen LogP contribution in [0.25, 0.3) is 0 Å². The first-order chi connectivity index (χ1) is 12.6. The molecule has 1 heterocycles. The number of hydrogen-bond acceptors (Lipinski definition) is 3. The Labute approximate surface area is 164 Å². The molecule has 2 aromatic rings. The highest BCUT2D eigenvalue weighted by Gasteiger charge is 2.29. The van der Waals surface area contributed by atoms with Gasteiger partial charge in [0.25, 0.3) is 5.91 Å². The highest BCUT2D eigenvalue weighted by molar-refractivity contribution is 6.36. The maximum atomic E-state index is 12.7. The second kappa shape index (κ2) is 8.87. The topological polar surface area (TPSA) is 41.6 Å². The Hall–Kier alpha value is -1.59. The minimum absolute atomic E-state index is 0.0649. The van der Waals surface area contributed by atoms with Gasteiger partial charge in [-0.05, 0) is 30.7 Å². The fourth-order valence-corrected chi connectivity index (χ4v) is 3.85. The van der Waals surface area contributed by atoms with Crippen molar-refractivity contribution in [2.75, 3.05) is 26.3 Å². The minimum atomic E-state index is -0.201. The van der Waals surface area contributed by atoms with Crippen molar-refractivity contribution in [3.8, 4) is 0 Å². The molecule has 1 N–H and O–H groups in total. The van der Waals surface area contributed by atoms with E-state index in [2.05, 4.69) is 22.3 Å². The number of nitrogens with zero attached hydrogens (tertiary/aromatic N) is 1. The Morgan fingerprint density at radius 2 is 1.81 bits per heavy atom. The molecular weight excluding hydrogens is 371 g/mol. The van der Waals surface area contributed by atoms with Crippen LogP contribution in [-0.2, 0) is 4.74 Å². The molecule has 0 unspecified atom stereocenters. The molecule has 0 aliphatic carbocycles. The van der Waals surface area contributed by atoms with Crippen LogP contribution in [0.15, 0.2) is 48.5 Å². The molecule has 0 spiro atoms. The summed E-state index contributed by atoms with van der Waals surface area (Å²) in [6.45, 7) is 5.10. The average Bonchev–Trinajstić information content (AvgIpc) is 2.63. The predicted octanol–water partition coefficient (Wildman–Crippen LogP) is 4.19. The highest BCUT2D eigenvalue weighted by atomic mass is 35.5. The average molecular weight is 393 g/mol. The number of carbonyl (C=O) groups is 1. The fraction of sp³-hybridized carbons (Fsp3) is 0.350. The van der Waals surface area contributed by atoms with Gasteiger partial charge in [-0.25, -0.2) is 0 Å². The third-order valence-corrected chi connectivity index (χ3v) is 5.14. The lowest BCUT2D eigenvalue weighted by Gasteiger charge is -2.38. The first kappa shape index (κ1) is 19.2. The van der Waals surface area contributed by atoms with E-state index < -0.39 is 0 Å². The summed E-state index contributed by atoms with van der Waals surface area (Å²) in [5.41, 5.74) is 1.60. The molecule has 1 aliphatic heterocycles. The van der Waals surface area contributed by atoms with E-state index in [9.17, 15) is 4.79 Å². The van der Waals surface area contributed by atoms with Crippen molar-refractivity contribution in [3.05, 3.63) is 69.7 Å². The molecule has 0 saturated carbocycles. The summed E-state index contributed by atoms with van der Waals surface area (Å²) in [4.78, 5) is 15.1. The lowest BCUT2D eigenvalue weighted by atomic mass is 9.97. The number of rotatable bonds is 5. The van der Waals surface area contributed by atoms with Gasteiger partial charge < -0.3 is 10.1 Å². The second-order valence-corrected chi connectivity index (χ2v) is 7.23. The van der Waals surface area contributed by atoms with Crippen LogP contribution in [-0.4, -0.2) is 43.2 Å². The molecule has 0 aromatic heterocycles. The Morgan fingerprint density at radius 3 is 2.46 bits per heavy atom. The predicted molar refractivity (Wildman–Crippen MR) is 105 cm³/mol. The molecular formula is C20H22Cl2N2O2. The molecule has 0 radical (unpaired) electrons. The largest absolute Gasteiger partial charge is 0.379 e. The molecule has 1 fully saturated rings. The molecule has 138 valence electrons. The zero-order valence-corrected chi connectivity index (χ0v) is 16.1. The number of benzene rings is 2. The number of carbonyl (C=O) groups excluding carboxylic acids is 1. The van der Waals surface area contributed by atoms with Crippen molar-refractivity contribution in [3.63, 3.8) is 0 Å². The van der Waals surface area contributed by atoms with E-state index in [0.29, 0.717) is 28.8 Å². The Balaban J connectivity index is 1.80. The molecule has 0 bridgehead atoms. The summed E-state index contributed by atoms with van der Waals surface area (Å²) in [6, 6.07) is 15.1. The molecule has 6 heteroatoms. The maximum Gasteiger partial charge on any atom is 0.253 e. The zero-order valence-electron chi connectivity index (χ0n) is 14.6. The summed E-state index contributed by atoms with van der Waals surface area (Å²) in [6.07, 6.45) is 0. The number of amides is 1. The van der Waals surface area contributed by atoms with Gasteiger partial charge in [-0.15, -0.1) is 0 Å². The number of hydrogen-bond donors (Lipinski definition) is 1. The van der Waals surface area contributed by atoms with Gasteiger partial charge in [-0.3, -0.25) is 9.69 Å². The van der Waals surface area contributed by atoms with E-state index in [1.807, 2.05) is 25.1 Å². The standard InChI is InChI=1S/C20H22Cl2N2O2/c1-14(23-20(25)17-8-7-16(21)13-18(17)22)19(15-5-3-2-4-6-15)24-9-11-26-12-10-24/h2-8,13-14,19H,9-12H2,1H3,(H,23,25)/t14-,19+/m0/s1. The Kier molecular flexibility index (Phi) is 6.54. The molecule has 4 nitrogen and oxygen atoms in total. The Bertz CT molecular complexity index is 749. The van der Waals surface area contributed by atoms with Gasteiger partial charge in [0.15, 0.2) is 0 Å². The minimum Gasteiger partial charge on any atom is -0.379 e. The SMILES string of the molecule is C[C@H](NC(=O)c1ccc(Cl)cc1Cl)[C@H](c1ccccc1)N1CCOCC1. The highest BCUT2D eigenvalue weighted by Crippen LogP contribution is 2.26. The lowest BCUT2D eigenvalue weighted by Crippen LogP contribution is -2.48. The van der Waals surface area contributed by atoms with Crippen LogP contribution in [0.3, 0.4) is 0 Å². The van der Waals surface area contributed by atoms with Gasteiger partial charge in [0.1, 0.15) is 0 Å². The van der Waals surface area contributed by atoms with Gasteiger partial charge in [0.2, 0.25) is 0 Å². The summed E-state index contributed by atoms with van der Waals surface area (Å²) < 4.78 is 5.48. The molecule has 26 heavy (non-hydrogen) atoms. The van der Waals surface area contributed by atoms with Crippen molar-refractivity contribution < 1.29 is 9.53 Å². The second-order valence-electron chi connectivity index (χ2n) is 6.39. The van der Waals surface area contributed by atoms with Gasteiger partial charge in [-0.2, -0.15) is 0 Å². The molecule has 1 saturated heterocycles. The molecule has 1 aliphatic rings. The van der Waals surface area contributed by atoms with E-state index in [0.717, 1.165) is 13.1 Å². The van der Waals surface area contributed by atoms with Gasteiger partial charge in [0, 0.05) is 24.2 Å². The molecule has 2 atom stereocenters.